The Morgan fingerprint density at radius 2 is 1.53 bits per heavy atom. The molecule has 3 aromatic rings. The van der Waals surface area contributed by atoms with Crippen molar-refractivity contribution in [1.82, 2.24) is 10.2 Å². The molecule has 202 valence electrons. The lowest BCUT2D eigenvalue weighted by Gasteiger charge is -2.33. The van der Waals surface area contributed by atoms with E-state index in [1.165, 1.54) is 11.0 Å². The summed E-state index contributed by atoms with van der Waals surface area (Å²) >= 11 is 12.3. The second kappa shape index (κ2) is 13.6. The first-order chi connectivity index (χ1) is 18.1. The van der Waals surface area contributed by atoms with Crippen LogP contribution in [0.15, 0.2) is 78.9 Å². The van der Waals surface area contributed by atoms with Crippen LogP contribution in [0.3, 0.4) is 0 Å². The van der Waals surface area contributed by atoms with Crippen molar-refractivity contribution >= 4 is 50.7 Å². The van der Waals surface area contributed by atoms with Gasteiger partial charge in [0.2, 0.25) is 21.8 Å². The monoisotopic (exact) mass is 575 g/mol. The summed E-state index contributed by atoms with van der Waals surface area (Å²) in [5.74, 6) is -0.859. The van der Waals surface area contributed by atoms with Gasteiger partial charge in [-0.25, -0.2) is 8.42 Å². The van der Waals surface area contributed by atoms with Gasteiger partial charge in [0, 0.05) is 29.6 Å². The molecule has 1 unspecified atom stereocenters. The SMILES string of the molecule is CCCNC(=O)C(Cc1ccccc1)N(Cc1cccc(Cl)c1)C(=O)CN(c1cccc(Cl)c1)S(C)(=O)=O. The lowest BCUT2D eigenvalue weighted by Crippen LogP contribution is -2.53. The third-order valence-electron chi connectivity index (χ3n) is 5.84. The number of hydrogen-bond donors (Lipinski definition) is 1. The van der Waals surface area contributed by atoms with Crippen molar-refractivity contribution in [3.63, 3.8) is 0 Å². The number of nitrogens with one attached hydrogen (secondary N) is 1. The standard InChI is InChI=1S/C28H31Cl2N3O4S/c1-3-15-31-28(35)26(17-21-9-5-4-6-10-21)32(19-22-11-7-12-23(29)16-22)27(34)20-33(38(2,36)37)25-14-8-13-24(30)18-25/h4-14,16,18,26H,3,15,17,19-20H2,1-2H3,(H,31,35). The molecule has 0 spiro atoms. The summed E-state index contributed by atoms with van der Waals surface area (Å²) in [6.45, 7) is 1.94. The maximum atomic E-state index is 13.9. The van der Waals surface area contributed by atoms with Gasteiger partial charge < -0.3 is 10.2 Å². The van der Waals surface area contributed by atoms with E-state index in [4.69, 9.17) is 23.2 Å². The molecule has 0 heterocycles. The molecule has 0 saturated carbocycles. The van der Waals surface area contributed by atoms with Gasteiger partial charge in [0.05, 0.1) is 11.9 Å². The van der Waals surface area contributed by atoms with E-state index in [-0.39, 0.29) is 24.6 Å². The largest absolute Gasteiger partial charge is 0.354 e. The lowest BCUT2D eigenvalue weighted by molar-refractivity contribution is -0.140. The summed E-state index contributed by atoms with van der Waals surface area (Å²) < 4.78 is 26.5. The highest BCUT2D eigenvalue weighted by Crippen LogP contribution is 2.23. The number of carbonyl (C=O) groups is 2. The summed E-state index contributed by atoms with van der Waals surface area (Å²) in [6, 6.07) is 21.8. The van der Waals surface area contributed by atoms with Crippen molar-refractivity contribution in [3.8, 4) is 0 Å². The second-order valence-corrected chi connectivity index (χ2v) is 11.7. The number of carbonyl (C=O) groups excluding carboxylic acids is 2. The van der Waals surface area contributed by atoms with Crippen LogP contribution in [0.4, 0.5) is 5.69 Å². The number of benzene rings is 3. The predicted octanol–water partition coefficient (Wildman–Crippen LogP) is 4.93. The molecule has 0 fully saturated rings. The van der Waals surface area contributed by atoms with E-state index in [2.05, 4.69) is 5.32 Å². The van der Waals surface area contributed by atoms with Crippen LogP contribution in [0, 0.1) is 0 Å². The van der Waals surface area contributed by atoms with Crippen molar-refractivity contribution in [2.45, 2.75) is 32.4 Å². The van der Waals surface area contributed by atoms with Gasteiger partial charge in [0.1, 0.15) is 12.6 Å². The van der Waals surface area contributed by atoms with E-state index in [0.717, 1.165) is 22.5 Å². The molecule has 1 atom stereocenters. The van der Waals surface area contributed by atoms with Gasteiger partial charge in [-0.15, -0.1) is 0 Å². The van der Waals surface area contributed by atoms with Gasteiger partial charge in [-0.05, 0) is 47.9 Å². The molecule has 0 saturated heterocycles. The first-order valence-electron chi connectivity index (χ1n) is 12.2. The number of rotatable bonds is 12. The molecule has 3 rings (SSSR count). The Labute approximate surface area is 234 Å². The van der Waals surface area contributed by atoms with E-state index < -0.39 is 28.5 Å². The Kier molecular flexibility index (Phi) is 10.6. The molecule has 0 aliphatic heterocycles. The fourth-order valence-corrected chi connectivity index (χ4v) is 5.24. The number of sulfonamides is 1. The number of amides is 2. The van der Waals surface area contributed by atoms with Crippen LogP contribution in [0.25, 0.3) is 0 Å². The van der Waals surface area contributed by atoms with Crippen LogP contribution < -0.4 is 9.62 Å². The molecule has 1 N–H and O–H groups in total. The first kappa shape index (κ1) is 29.5. The van der Waals surface area contributed by atoms with Crippen molar-refractivity contribution in [1.29, 1.82) is 0 Å². The zero-order valence-corrected chi connectivity index (χ0v) is 23.6. The third kappa shape index (κ3) is 8.48. The smallest absolute Gasteiger partial charge is 0.244 e. The second-order valence-electron chi connectivity index (χ2n) is 8.90. The maximum Gasteiger partial charge on any atom is 0.244 e. The molecule has 10 heteroatoms. The summed E-state index contributed by atoms with van der Waals surface area (Å²) in [7, 11) is -3.86. The van der Waals surface area contributed by atoms with Gasteiger partial charge in [0.15, 0.2) is 0 Å². The number of halogens is 2. The highest BCUT2D eigenvalue weighted by molar-refractivity contribution is 7.92. The van der Waals surface area contributed by atoms with E-state index >= 15 is 0 Å². The van der Waals surface area contributed by atoms with Gasteiger partial charge in [-0.1, -0.05) is 78.7 Å². The summed E-state index contributed by atoms with van der Waals surface area (Å²) in [5, 5.41) is 3.72. The Balaban J connectivity index is 2.04. The molecular weight excluding hydrogens is 545 g/mol. The fourth-order valence-electron chi connectivity index (χ4n) is 4.00. The first-order valence-corrected chi connectivity index (χ1v) is 14.8. The molecule has 0 aliphatic rings. The minimum Gasteiger partial charge on any atom is -0.354 e. The van der Waals surface area contributed by atoms with Crippen molar-refractivity contribution in [3.05, 3.63) is 100 Å². The zero-order chi connectivity index (χ0) is 27.7. The Hall–Kier alpha value is -3.07. The van der Waals surface area contributed by atoms with Crippen LogP contribution in [0.1, 0.15) is 24.5 Å². The molecule has 38 heavy (non-hydrogen) atoms. The van der Waals surface area contributed by atoms with E-state index in [1.807, 2.05) is 37.3 Å². The molecule has 3 aromatic carbocycles. The summed E-state index contributed by atoms with van der Waals surface area (Å²) in [6.07, 6.45) is 2.00. The molecule has 0 bridgehead atoms. The van der Waals surface area contributed by atoms with E-state index in [9.17, 15) is 18.0 Å². The van der Waals surface area contributed by atoms with E-state index in [0.29, 0.717) is 22.2 Å². The number of anilines is 1. The molecule has 2 amide bonds. The summed E-state index contributed by atoms with van der Waals surface area (Å²) in [5.41, 5.74) is 1.83. The Morgan fingerprint density at radius 1 is 0.895 bits per heavy atom. The predicted molar refractivity (Wildman–Crippen MR) is 153 cm³/mol. The average molecular weight is 577 g/mol. The highest BCUT2D eigenvalue weighted by Gasteiger charge is 2.33. The number of hydrogen-bond acceptors (Lipinski definition) is 4. The Morgan fingerprint density at radius 3 is 2.13 bits per heavy atom. The average Bonchev–Trinajstić information content (AvgIpc) is 2.87. The van der Waals surface area contributed by atoms with Crippen molar-refractivity contribution < 1.29 is 18.0 Å². The third-order valence-corrected chi connectivity index (χ3v) is 7.45. The summed E-state index contributed by atoms with van der Waals surface area (Å²) in [4.78, 5) is 28.8. The molecule has 7 nitrogen and oxygen atoms in total. The van der Waals surface area contributed by atoms with Crippen LogP contribution in [-0.4, -0.2) is 50.5 Å². The van der Waals surface area contributed by atoms with Crippen molar-refractivity contribution in [2.24, 2.45) is 0 Å². The highest BCUT2D eigenvalue weighted by atomic mass is 35.5. The van der Waals surface area contributed by atoms with Gasteiger partial charge in [0.25, 0.3) is 0 Å². The lowest BCUT2D eigenvalue weighted by atomic mass is 10.0. The van der Waals surface area contributed by atoms with Gasteiger partial charge >= 0.3 is 0 Å². The Bertz CT molecular complexity index is 1350. The fraction of sp³-hybridized carbons (Fsp3) is 0.286. The van der Waals surface area contributed by atoms with Crippen LogP contribution in [0.5, 0.6) is 0 Å². The topological polar surface area (TPSA) is 86.8 Å². The minimum absolute atomic E-state index is 0.0591. The van der Waals surface area contributed by atoms with E-state index in [1.54, 1.807) is 42.5 Å². The van der Waals surface area contributed by atoms with Crippen LogP contribution in [0.2, 0.25) is 10.0 Å². The van der Waals surface area contributed by atoms with Crippen LogP contribution in [-0.2, 0) is 32.6 Å². The van der Waals surface area contributed by atoms with Crippen molar-refractivity contribution in [2.75, 3.05) is 23.7 Å². The maximum absolute atomic E-state index is 13.9. The van der Waals surface area contributed by atoms with Gasteiger partial charge in [-0.2, -0.15) is 0 Å². The number of nitrogens with zero attached hydrogens (tertiary/aromatic N) is 2. The molecule has 0 aliphatic carbocycles. The molecule has 0 aromatic heterocycles. The molecule has 0 radical (unpaired) electrons. The molecular formula is C28H31Cl2N3O4S. The normalized spacial score (nSPS) is 12.0. The van der Waals surface area contributed by atoms with Crippen LogP contribution >= 0.6 is 23.2 Å². The minimum atomic E-state index is -3.86. The zero-order valence-electron chi connectivity index (χ0n) is 21.3. The quantitative estimate of drug-likeness (QED) is 0.332. The van der Waals surface area contributed by atoms with Gasteiger partial charge in [-0.3, -0.25) is 13.9 Å².